The van der Waals surface area contributed by atoms with Crippen LogP contribution in [0.25, 0.3) is 0 Å². The zero-order valence-electron chi connectivity index (χ0n) is 15.5. The number of rotatable bonds is 9. The zero-order chi connectivity index (χ0) is 20.4. The highest BCUT2D eigenvalue weighted by Gasteiger charge is 2.09. The Bertz CT molecular complexity index is 755. The van der Waals surface area contributed by atoms with Gasteiger partial charge in [-0.25, -0.2) is 4.39 Å². The zero-order valence-corrected chi connectivity index (χ0v) is 15.5. The van der Waals surface area contributed by atoms with Gasteiger partial charge in [-0.15, -0.1) is 0 Å². The van der Waals surface area contributed by atoms with Gasteiger partial charge in [0.05, 0.1) is 12.6 Å². The molecule has 0 radical (unpaired) electrons. The van der Waals surface area contributed by atoms with Crippen molar-refractivity contribution in [3.8, 4) is 5.75 Å². The molecule has 2 rings (SSSR count). The van der Waals surface area contributed by atoms with Gasteiger partial charge < -0.3 is 20.5 Å². The number of halogens is 3. The van der Waals surface area contributed by atoms with Crippen LogP contribution in [0.1, 0.15) is 24.2 Å². The molecule has 8 heteroatoms. The lowest BCUT2D eigenvalue weighted by Crippen LogP contribution is -2.38. The van der Waals surface area contributed by atoms with Crippen LogP contribution in [0.3, 0.4) is 0 Å². The lowest BCUT2D eigenvalue weighted by Gasteiger charge is -2.14. The summed E-state index contributed by atoms with van der Waals surface area (Å²) in [6, 6.07) is 12.2. The number of guanidine groups is 1. The lowest BCUT2D eigenvalue weighted by atomic mass is 10.1. The van der Waals surface area contributed by atoms with Crippen molar-refractivity contribution in [1.82, 2.24) is 10.6 Å². The Hall–Kier alpha value is -2.74. The van der Waals surface area contributed by atoms with E-state index < -0.39 is 12.7 Å². The third-order valence-electron chi connectivity index (χ3n) is 3.85. The highest BCUT2D eigenvalue weighted by atomic mass is 19.3. The highest BCUT2D eigenvalue weighted by molar-refractivity contribution is 5.79. The molecule has 28 heavy (non-hydrogen) atoms. The maximum Gasteiger partial charge on any atom is 0.387 e. The largest absolute Gasteiger partial charge is 0.435 e. The van der Waals surface area contributed by atoms with Gasteiger partial charge in [0.2, 0.25) is 0 Å². The highest BCUT2D eigenvalue weighted by Crippen LogP contribution is 2.19. The molecule has 0 amide bonds. The average molecular weight is 395 g/mol. The molecule has 0 aliphatic heterocycles. The van der Waals surface area contributed by atoms with Crippen LogP contribution in [0.5, 0.6) is 5.75 Å². The molecular formula is C20H24F3N3O2. The van der Waals surface area contributed by atoms with Crippen LogP contribution in [0.4, 0.5) is 13.2 Å². The van der Waals surface area contributed by atoms with Crippen molar-refractivity contribution in [2.24, 2.45) is 4.99 Å². The number of aliphatic imine (C=N–C) groups is 1. The summed E-state index contributed by atoms with van der Waals surface area (Å²) < 4.78 is 41.8. The summed E-state index contributed by atoms with van der Waals surface area (Å²) in [7, 11) is 0. The molecule has 1 unspecified atom stereocenters. The van der Waals surface area contributed by atoms with Crippen LogP contribution >= 0.6 is 0 Å². The minimum Gasteiger partial charge on any atom is -0.435 e. The molecule has 0 aliphatic rings. The third kappa shape index (κ3) is 7.48. The van der Waals surface area contributed by atoms with E-state index in [9.17, 15) is 18.3 Å². The molecule has 0 saturated carbocycles. The lowest BCUT2D eigenvalue weighted by molar-refractivity contribution is -0.0498. The van der Waals surface area contributed by atoms with Crippen LogP contribution < -0.4 is 15.4 Å². The summed E-state index contributed by atoms with van der Waals surface area (Å²) >= 11 is 0. The first-order valence-corrected chi connectivity index (χ1v) is 8.97. The van der Waals surface area contributed by atoms with Crippen molar-refractivity contribution in [3.05, 3.63) is 65.5 Å². The van der Waals surface area contributed by atoms with Gasteiger partial charge in [-0.2, -0.15) is 8.78 Å². The maximum absolute atomic E-state index is 13.2. The molecule has 0 heterocycles. The van der Waals surface area contributed by atoms with Crippen molar-refractivity contribution in [3.63, 3.8) is 0 Å². The van der Waals surface area contributed by atoms with Crippen LogP contribution in [-0.2, 0) is 6.42 Å². The van der Waals surface area contributed by atoms with Gasteiger partial charge in [0.1, 0.15) is 11.6 Å². The Labute approximate surface area is 162 Å². The fourth-order valence-electron chi connectivity index (χ4n) is 2.51. The van der Waals surface area contributed by atoms with E-state index in [1.54, 1.807) is 6.07 Å². The molecule has 2 aromatic rings. The fourth-order valence-corrected chi connectivity index (χ4v) is 2.51. The number of aliphatic hydroxyl groups is 1. The van der Waals surface area contributed by atoms with E-state index in [1.807, 2.05) is 13.0 Å². The predicted octanol–water partition coefficient (Wildman–Crippen LogP) is 3.26. The minimum atomic E-state index is -2.89. The Morgan fingerprint density at radius 2 is 1.89 bits per heavy atom. The van der Waals surface area contributed by atoms with E-state index in [1.165, 1.54) is 36.4 Å². The fraction of sp³-hybridized carbons (Fsp3) is 0.350. The van der Waals surface area contributed by atoms with Crippen molar-refractivity contribution < 1.29 is 23.0 Å². The number of ether oxygens (including phenoxy) is 1. The first kappa shape index (κ1) is 21.6. The summed E-state index contributed by atoms with van der Waals surface area (Å²) in [5.41, 5.74) is 1.41. The van der Waals surface area contributed by atoms with Crippen LogP contribution in [0.15, 0.2) is 53.5 Å². The standard InChI is InChI=1S/C20H24F3N3O2/c1-2-24-20(25-11-10-14-4-3-5-16(21)12-14)26-13-18(27)15-6-8-17(9-7-15)28-19(22)23/h3-9,12,18-19,27H,2,10-11,13H2,1H3,(H2,24,25,26). The first-order valence-electron chi connectivity index (χ1n) is 8.97. The molecule has 0 spiro atoms. The molecule has 1 atom stereocenters. The minimum absolute atomic E-state index is 0.0294. The topological polar surface area (TPSA) is 65.9 Å². The summed E-state index contributed by atoms with van der Waals surface area (Å²) in [6.45, 7) is 0.306. The predicted molar refractivity (Wildman–Crippen MR) is 102 cm³/mol. The van der Waals surface area contributed by atoms with Crippen LogP contribution in [-0.4, -0.2) is 37.3 Å². The number of alkyl halides is 2. The smallest absolute Gasteiger partial charge is 0.387 e. The van der Waals surface area contributed by atoms with Gasteiger partial charge in [0.25, 0.3) is 0 Å². The molecule has 152 valence electrons. The molecule has 0 fully saturated rings. The van der Waals surface area contributed by atoms with Crippen molar-refractivity contribution >= 4 is 5.96 Å². The molecule has 0 aromatic heterocycles. The SMILES string of the molecule is CCNC(=NCC(O)c1ccc(OC(F)F)cc1)NCCc1cccc(F)c1. The van der Waals surface area contributed by atoms with Crippen LogP contribution in [0, 0.1) is 5.82 Å². The third-order valence-corrected chi connectivity index (χ3v) is 3.85. The van der Waals surface area contributed by atoms with Crippen molar-refractivity contribution in [2.75, 3.05) is 19.6 Å². The number of hydrogen-bond donors (Lipinski definition) is 3. The summed E-state index contributed by atoms with van der Waals surface area (Å²) in [5, 5.41) is 16.4. The van der Waals surface area contributed by atoms with E-state index in [2.05, 4.69) is 20.4 Å². The molecular weight excluding hydrogens is 371 g/mol. The van der Waals surface area contributed by atoms with E-state index >= 15 is 0 Å². The number of aliphatic hydroxyl groups excluding tert-OH is 1. The van der Waals surface area contributed by atoms with Gasteiger partial charge in [-0.3, -0.25) is 4.99 Å². The Morgan fingerprint density at radius 3 is 2.54 bits per heavy atom. The Kier molecular flexibility index (Phi) is 8.61. The van der Waals surface area contributed by atoms with Gasteiger partial charge in [0, 0.05) is 13.1 Å². The van der Waals surface area contributed by atoms with Gasteiger partial charge in [0.15, 0.2) is 5.96 Å². The van der Waals surface area contributed by atoms with E-state index in [-0.39, 0.29) is 18.1 Å². The molecule has 0 aliphatic carbocycles. The second kappa shape index (κ2) is 11.2. The summed E-state index contributed by atoms with van der Waals surface area (Å²) in [4.78, 5) is 4.33. The number of nitrogens with zero attached hydrogens (tertiary/aromatic N) is 1. The average Bonchev–Trinajstić information content (AvgIpc) is 2.66. The Balaban J connectivity index is 1.88. The number of hydrogen-bond acceptors (Lipinski definition) is 3. The van der Waals surface area contributed by atoms with Crippen LogP contribution in [0.2, 0.25) is 0 Å². The van der Waals surface area contributed by atoms with Gasteiger partial charge >= 0.3 is 6.61 Å². The normalized spacial score (nSPS) is 12.7. The second-order valence-corrected chi connectivity index (χ2v) is 5.99. The number of nitrogens with one attached hydrogen (secondary N) is 2. The first-order chi connectivity index (χ1) is 13.5. The molecule has 3 N–H and O–H groups in total. The van der Waals surface area contributed by atoms with E-state index in [4.69, 9.17) is 0 Å². The van der Waals surface area contributed by atoms with Gasteiger partial charge in [-0.1, -0.05) is 24.3 Å². The summed E-state index contributed by atoms with van der Waals surface area (Å²) in [6.07, 6.45) is -0.268. The number of benzene rings is 2. The molecule has 5 nitrogen and oxygen atoms in total. The van der Waals surface area contributed by atoms with E-state index in [0.29, 0.717) is 31.0 Å². The van der Waals surface area contributed by atoms with Gasteiger partial charge in [-0.05, 0) is 48.7 Å². The molecule has 0 saturated heterocycles. The summed E-state index contributed by atoms with van der Waals surface area (Å²) in [5.74, 6) is 0.281. The van der Waals surface area contributed by atoms with Crippen molar-refractivity contribution in [2.45, 2.75) is 26.1 Å². The monoisotopic (exact) mass is 395 g/mol. The quantitative estimate of drug-likeness (QED) is 0.451. The molecule has 0 bridgehead atoms. The maximum atomic E-state index is 13.2. The van der Waals surface area contributed by atoms with E-state index in [0.717, 1.165) is 5.56 Å². The molecule has 2 aromatic carbocycles. The second-order valence-electron chi connectivity index (χ2n) is 5.99. The Morgan fingerprint density at radius 1 is 1.14 bits per heavy atom. The van der Waals surface area contributed by atoms with Crippen molar-refractivity contribution in [1.29, 1.82) is 0 Å².